The number of halogens is 2. The zero-order valence-electron chi connectivity index (χ0n) is 16.4. The van der Waals surface area contributed by atoms with E-state index in [0.717, 1.165) is 69.6 Å². The summed E-state index contributed by atoms with van der Waals surface area (Å²) in [6.07, 6.45) is 12.8. The van der Waals surface area contributed by atoms with E-state index in [1.54, 1.807) is 0 Å². The van der Waals surface area contributed by atoms with Gasteiger partial charge in [0.15, 0.2) is 0 Å². The van der Waals surface area contributed by atoms with Crippen molar-refractivity contribution < 1.29 is 18.3 Å². The second-order valence-corrected chi connectivity index (χ2v) is 7.06. The number of esters is 1. The highest BCUT2D eigenvalue weighted by Gasteiger charge is 2.19. The third kappa shape index (κ3) is 9.30. The van der Waals surface area contributed by atoms with E-state index in [1.807, 2.05) is 0 Å². The molecule has 26 heavy (non-hydrogen) atoms. The molecule has 0 N–H and O–H groups in total. The maximum Gasteiger partial charge on any atom is 0.341 e. The van der Waals surface area contributed by atoms with Crippen LogP contribution in [0, 0.1) is 11.6 Å². The second kappa shape index (κ2) is 13.7. The summed E-state index contributed by atoms with van der Waals surface area (Å²) in [6, 6.07) is 2.89. The van der Waals surface area contributed by atoms with E-state index in [0.29, 0.717) is 0 Å². The number of unbranched alkanes of at least 4 members (excludes halogenated alkanes) is 8. The second-order valence-electron chi connectivity index (χ2n) is 7.06. The third-order valence-electron chi connectivity index (χ3n) is 4.68. The van der Waals surface area contributed by atoms with Gasteiger partial charge in [0, 0.05) is 0 Å². The molecular formula is C22H34F2O2. The lowest BCUT2D eigenvalue weighted by atomic mass is 10.0. The monoisotopic (exact) mass is 368 g/mol. The van der Waals surface area contributed by atoms with Crippen LogP contribution < -0.4 is 0 Å². The van der Waals surface area contributed by atoms with Gasteiger partial charge >= 0.3 is 5.97 Å². The molecule has 1 atom stereocenters. The molecule has 0 fully saturated rings. The fourth-order valence-electron chi connectivity index (χ4n) is 3.08. The van der Waals surface area contributed by atoms with E-state index < -0.39 is 17.6 Å². The van der Waals surface area contributed by atoms with Gasteiger partial charge in [-0.3, -0.25) is 0 Å². The molecular weight excluding hydrogens is 334 g/mol. The van der Waals surface area contributed by atoms with Crippen LogP contribution in [0.1, 0.15) is 101 Å². The number of carbonyl (C=O) groups excluding carboxylic acids is 1. The van der Waals surface area contributed by atoms with Gasteiger partial charge in [-0.2, -0.15) is 0 Å². The molecule has 1 aromatic carbocycles. The van der Waals surface area contributed by atoms with E-state index in [2.05, 4.69) is 13.8 Å². The normalized spacial score (nSPS) is 12.2. The fraction of sp³-hybridized carbons (Fsp3) is 0.682. The Labute approximate surface area is 157 Å². The van der Waals surface area contributed by atoms with Gasteiger partial charge < -0.3 is 4.74 Å². The van der Waals surface area contributed by atoms with Gasteiger partial charge in [-0.15, -0.1) is 0 Å². The number of rotatable bonds is 14. The molecule has 148 valence electrons. The van der Waals surface area contributed by atoms with Crippen LogP contribution in [-0.2, 0) is 4.74 Å². The minimum absolute atomic E-state index is 0.215. The smallest absolute Gasteiger partial charge is 0.341 e. The lowest BCUT2D eigenvalue weighted by Gasteiger charge is -2.18. The zero-order chi connectivity index (χ0) is 19.2. The van der Waals surface area contributed by atoms with Gasteiger partial charge in [0.1, 0.15) is 17.7 Å². The first-order valence-electron chi connectivity index (χ1n) is 10.2. The Morgan fingerprint density at radius 2 is 1.42 bits per heavy atom. The molecule has 0 heterocycles. The summed E-state index contributed by atoms with van der Waals surface area (Å²) in [4.78, 5) is 12.3. The summed E-state index contributed by atoms with van der Waals surface area (Å²) in [5.41, 5.74) is -0.313. The predicted molar refractivity (Wildman–Crippen MR) is 102 cm³/mol. The Hall–Kier alpha value is -1.45. The van der Waals surface area contributed by atoms with Gasteiger partial charge in [0.05, 0.1) is 5.56 Å². The van der Waals surface area contributed by atoms with Gasteiger partial charge in [0.2, 0.25) is 0 Å². The average Bonchev–Trinajstić information content (AvgIpc) is 2.63. The van der Waals surface area contributed by atoms with E-state index in [9.17, 15) is 13.6 Å². The van der Waals surface area contributed by atoms with Crippen LogP contribution in [0.25, 0.3) is 0 Å². The number of hydrogen-bond acceptors (Lipinski definition) is 2. The van der Waals surface area contributed by atoms with E-state index in [4.69, 9.17) is 4.74 Å². The summed E-state index contributed by atoms with van der Waals surface area (Å²) in [6.45, 7) is 4.35. The number of carbonyl (C=O) groups is 1. The van der Waals surface area contributed by atoms with E-state index in [-0.39, 0.29) is 11.7 Å². The molecule has 0 bridgehead atoms. The topological polar surface area (TPSA) is 26.3 Å². The highest BCUT2D eigenvalue weighted by molar-refractivity contribution is 5.89. The van der Waals surface area contributed by atoms with Crippen LogP contribution in [0.3, 0.4) is 0 Å². The molecule has 1 rings (SSSR count). The minimum Gasteiger partial charge on any atom is -0.459 e. The minimum atomic E-state index is -0.756. The first-order valence-corrected chi connectivity index (χ1v) is 10.2. The average molecular weight is 369 g/mol. The molecule has 2 nitrogen and oxygen atoms in total. The quantitative estimate of drug-likeness (QED) is 0.256. The lowest BCUT2D eigenvalue weighted by Crippen LogP contribution is -2.19. The maximum atomic E-state index is 13.8. The molecule has 0 aromatic heterocycles. The highest BCUT2D eigenvalue weighted by atomic mass is 19.1. The summed E-state index contributed by atoms with van der Waals surface area (Å²) in [5, 5.41) is 0. The van der Waals surface area contributed by atoms with Crippen molar-refractivity contribution in [2.75, 3.05) is 0 Å². The molecule has 0 aliphatic rings. The largest absolute Gasteiger partial charge is 0.459 e. The molecule has 0 amide bonds. The van der Waals surface area contributed by atoms with Gasteiger partial charge in [-0.05, 0) is 43.9 Å². The molecule has 0 aliphatic carbocycles. The summed E-state index contributed by atoms with van der Waals surface area (Å²) >= 11 is 0. The van der Waals surface area contributed by atoms with Crippen LogP contribution in [0.4, 0.5) is 8.78 Å². The first kappa shape index (κ1) is 22.6. The van der Waals surface area contributed by atoms with Gasteiger partial charge in [-0.1, -0.05) is 65.2 Å². The van der Waals surface area contributed by atoms with Crippen LogP contribution in [0.5, 0.6) is 0 Å². The Morgan fingerprint density at radius 3 is 2.04 bits per heavy atom. The van der Waals surface area contributed by atoms with Crippen LogP contribution in [0.2, 0.25) is 0 Å². The molecule has 0 saturated heterocycles. The maximum absolute atomic E-state index is 13.8. The molecule has 0 aliphatic heterocycles. The number of hydrogen-bond donors (Lipinski definition) is 0. The standard InChI is InChI=1S/C22H34F2O2/c1-3-5-7-9-10-12-14-19(13-11-8-6-4-2)26-22(25)20-17-18(23)15-16-21(20)24/h15-17,19H,3-14H2,1-2H3. The van der Waals surface area contributed by atoms with Crippen molar-refractivity contribution in [3.05, 3.63) is 35.4 Å². The lowest BCUT2D eigenvalue weighted by molar-refractivity contribution is 0.0243. The van der Waals surface area contributed by atoms with Crippen molar-refractivity contribution >= 4 is 5.97 Å². The molecule has 4 heteroatoms. The molecule has 0 spiro atoms. The van der Waals surface area contributed by atoms with Crippen molar-refractivity contribution in [2.45, 2.75) is 97.0 Å². The Bertz CT molecular complexity index is 517. The van der Waals surface area contributed by atoms with Gasteiger partial charge in [0.25, 0.3) is 0 Å². The first-order chi connectivity index (χ1) is 12.6. The van der Waals surface area contributed by atoms with E-state index >= 15 is 0 Å². The molecule has 0 saturated carbocycles. The SMILES string of the molecule is CCCCCCCCC(CCCCCC)OC(=O)c1cc(F)ccc1F. The van der Waals surface area contributed by atoms with Crippen LogP contribution in [0.15, 0.2) is 18.2 Å². The highest BCUT2D eigenvalue weighted by Crippen LogP contribution is 2.19. The fourth-order valence-corrected chi connectivity index (χ4v) is 3.08. The van der Waals surface area contributed by atoms with Gasteiger partial charge in [-0.25, -0.2) is 13.6 Å². The summed E-state index contributed by atoms with van der Waals surface area (Å²) in [7, 11) is 0. The van der Waals surface area contributed by atoms with Crippen molar-refractivity contribution in [2.24, 2.45) is 0 Å². The molecule has 1 unspecified atom stereocenters. The molecule has 0 radical (unpaired) electrons. The zero-order valence-corrected chi connectivity index (χ0v) is 16.4. The number of benzene rings is 1. The molecule has 1 aromatic rings. The van der Waals surface area contributed by atoms with Crippen molar-refractivity contribution in [1.29, 1.82) is 0 Å². The summed E-state index contributed by atoms with van der Waals surface area (Å²) < 4.78 is 32.6. The van der Waals surface area contributed by atoms with Crippen molar-refractivity contribution in [3.8, 4) is 0 Å². The van der Waals surface area contributed by atoms with Crippen LogP contribution in [-0.4, -0.2) is 12.1 Å². The Balaban J connectivity index is 2.53. The number of ether oxygens (including phenoxy) is 1. The predicted octanol–water partition coefficient (Wildman–Crippen LogP) is 7.21. The Morgan fingerprint density at radius 1 is 0.885 bits per heavy atom. The summed E-state index contributed by atoms with van der Waals surface area (Å²) in [5.74, 6) is -2.12. The van der Waals surface area contributed by atoms with Crippen molar-refractivity contribution in [3.63, 3.8) is 0 Å². The third-order valence-corrected chi connectivity index (χ3v) is 4.68. The van der Waals surface area contributed by atoms with Crippen molar-refractivity contribution in [1.82, 2.24) is 0 Å². The van der Waals surface area contributed by atoms with E-state index in [1.165, 1.54) is 25.7 Å². The van der Waals surface area contributed by atoms with Crippen LogP contribution >= 0.6 is 0 Å². The Kier molecular flexibility index (Phi) is 11.9.